The van der Waals surface area contributed by atoms with Gasteiger partial charge in [0.05, 0.1) is 18.2 Å². The van der Waals surface area contributed by atoms with E-state index in [0.717, 1.165) is 41.7 Å². The van der Waals surface area contributed by atoms with Gasteiger partial charge in [-0.05, 0) is 44.7 Å². The van der Waals surface area contributed by atoms with Crippen LogP contribution in [0.25, 0.3) is 10.9 Å². The Kier molecular flexibility index (Phi) is 6.97. The van der Waals surface area contributed by atoms with Crippen molar-refractivity contribution in [3.63, 3.8) is 0 Å². The number of methoxy groups -OCH3 is 1. The van der Waals surface area contributed by atoms with Gasteiger partial charge in [0.2, 0.25) is 5.95 Å². The Morgan fingerprint density at radius 3 is 2.71 bits per heavy atom. The number of fused-ring (bicyclic) bond motifs is 3. The molecule has 2 bridgehead atoms. The second kappa shape index (κ2) is 10.5. The monoisotopic (exact) mass is 476 g/mol. The molecule has 0 amide bonds. The summed E-state index contributed by atoms with van der Waals surface area (Å²) in [6.07, 6.45) is 5.05. The molecule has 0 radical (unpaired) electrons. The highest BCUT2D eigenvalue weighted by atomic mass is 16.5. The summed E-state index contributed by atoms with van der Waals surface area (Å²) in [5.74, 6) is 2.74. The average Bonchev–Trinajstić information content (AvgIpc) is 3.36. The molecule has 3 N–H and O–H groups in total. The van der Waals surface area contributed by atoms with E-state index in [9.17, 15) is 0 Å². The highest BCUT2D eigenvalue weighted by molar-refractivity contribution is 5.92. The first-order valence-corrected chi connectivity index (χ1v) is 12.2. The van der Waals surface area contributed by atoms with Crippen LogP contribution in [0.2, 0.25) is 0 Å². The minimum absolute atomic E-state index is 0.296. The van der Waals surface area contributed by atoms with E-state index >= 15 is 0 Å². The van der Waals surface area contributed by atoms with E-state index in [1.54, 1.807) is 7.11 Å². The van der Waals surface area contributed by atoms with Gasteiger partial charge in [0.1, 0.15) is 18.2 Å². The zero-order valence-electron chi connectivity index (χ0n) is 20.3. The number of nitriles is 1. The van der Waals surface area contributed by atoms with E-state index in [0.29, 0.717) is 55.3 Å². The lowest BCUT2D eigenvalue weighted by molar-refractivity contribution is 0.135. The highest BCUT2D eigenvalue weighted by Crippen LogP contribution is 2.37. The Morgan fingerprint density at radius 2 is 2.00 bits per heavy atom. The Hall–Kier alpha value is -3.42. The van der Waals surface area contributed by atoms with Crippen LogP contribution < -0.4 is 15.4 Å². The molecule has 2 aliphatic rings. The third kappa shape index (κ3) is 5.31. The van der Waals surface area contributed by atoms with E-state index in [1.165, 1.54) is 12.8 Å². The summed E-state index contributed by atoms with van der Waals surface area (Å²) in [7, 11) is 1.66. The lowest BCUT2D eigenvalue weighted by Crippen LogP contribution is -2.47. The molecule has 35 heavy (non-hydrogen) atoms. The third-order valence-electron chi connectivity index (χ3n) is 6.88. The number of aromatic amines is 1. The number of nitrogens with zero attached hydrogens (tertiary/aromatic N) is 5. The van der Waals surface area contributed by atoms with Crippen LogP contribution in [0, 0.1) is 18.3 Å². The van der Waals surface area contributed by atoms with Gasteiger partial charge in [-0.1, -0.05) is 0 Å². The lowest BCUT2D eigenvalue weighted by atomic mass is 9.97. The highest BCUT2D eigenvalue weighted by Gasteiger charge is 2.40. The summed E-state index contributed by atoms with van der Waals surface area (Å²) in [6, 6.07) is 11.4. The quantitative estimate of drug-likeness (QED) is 0.375. The van der Waals surface area contributed by atoms with E-state index < -0.39 is 0 Å². The van der Waals surface area contributed by atoms with Crippen LogP contribution in [-0.4, -0.2) is 70.1 Å². The van der Waals surface area contributed by atoms with Gasteiger partial charge in [0.15, 0.2) is 5.82 Å². The fraction of sp³-hybridized carbons (Fsp3) is 0.520. The second-order valence-electron chi connectivity index (χ2n) is 9.32. The minimum Gasteiger partial charge on any atom is -0.491 e. The predicted octanol–water partition coefficient (Wildman–Crippen LogP) is 3.75. The molecule has 4 heterocycles. The summed E-state index contributed by atoms with van der Waals surface area (Å²) in [6.45, 7) is 3.83. The maximum atomic E-state index is 9.00. The molecule has 2 fully saturated rings. The van der Waals surface area contributed by atoms with Gasteiger partial charge in [0, 0.05) is 61.4 Å². The molecule has 3 aromatic rings. The summed E-state index contributed by atoms with van der Waals surface area (Å²) in [5, 5.41) is 24.1. The standard InChI is InChI=1S/C25H32N8O2/c1-16-12-23(32-31-16)29-24-21-7-6-20(35-11-10-34-2)15-22(21)28-25(30-24)27-17-13-18-4-5-19(14-17)33(18)9-3-8-26/h6-7,12,15,17-19H,3-5,9-11,13-14H2,1-2H3,(H3,27,28,29,30,31,32)/t17-,18-,19+. The van der Waals surface area contributed by atoms with E-state index in [1.807, 2.05) is 31.2 Å². The topological polar surface area (TPSA) is 124 Å². The number of hydrogen-bond acceptors (Lipinski definition) is 9. The molecule has 2 aromatic heterocycles. The molecule has 1 aromatic carbocycles. The minimum atomic E-state index is 0.296. The molecule has 0 aliphatic carbocycles. The Bertz CT molecular complexity index is 1190. The summed E-state index contributed by atoms with van der Waals surface area (Å²) < 4.78 is 10.9. The first-order valence-electron chi connectivity index (χ1n) is 12.2. The summed E-state index contributed by atoms with van der Waals surface area (Å²) in [4.78, 5) is 12.2. The predicted molar refractivity (Wildman–Crippen MR) is 134 cm³/mol. The van der Waals surface area contributed by atoms with Crippen molar-refractivity contribution in [1.82, 2.24) is 25.1 Å². The lowest BCUT2D eigenvalue weighted by Gasteiger charge is -2.38. The van der Waals surface area contributed by atoms with Crippen molar-refractivity contribution in [3.05, 3.63) is 30.0 Å². The van der Waals surface area contributed by atoms with Crippen LogP contribution >= 0.6 is 0 Å². The number of benzene rings is 1. The zero-order valence-corrected chi connectivity index (χ0v) is 20.3. The van der Waals surface area contributed by atoms with E-state index in [-0.39, 0.29) is 0 Å². The molecule has 10 heteroatoms. The Morgan fingerprint density at radius 1 is 1.17 bits per heavy atom. The molecule has 3 atom stereocenters. The smallest absolute Gasteiger partial charge is 0.225 e. The van der Waals surface area contributed by atoms with Crippen molar-refractivity contribution in [2.45, 2.75) is 57.2 Å². The molecule has 2 aliphatic heterocycles. The maximum absolute atomic E-state index is 9.00. The maximum Gasteiger partial charge on any atom is 0.225 e. The van der Waals surface area contributed by atoms with Crippen molar-refractivity contribution in [2.24, 2.45) is 0 Å². The number of aromatic nitrogens is 4. The van der Waals surface area contributed by atoms with Crippen molar-refractivity contribution in [3.8, 4) is 11.8 Å². The van der Waals surface area contributed by atoms with Crippen LogP contribution in [0.5, 0.6) is 5.75 Å². The number of nitrogens with one attached hydrogen (secondary N) is 3. The van der Waals surface area contributed by atoms with Crippen molar-refractivity contribution in [2.75, 3.05) is 37.5 Å². The van der Waals surface area contributed by atoms with Crippen LogP contribution in [0.4, 0.5) is 17.6 Å². The van der Waals surface area contributed by atoms with Gasteiger partial charge in [-0.25, -0.2) is 4.98 Å². The van der Waals surface area contributed by atoms with Crippen molar-refractivity contribution < 1.29 is 9.47 Å². The normalized spacial score (nSPS) is 21.7. The van der Waals surface area contributed by atoms with Crippen LogP contribution in [0.15, 0.2) is 24.3 Å². The molecular weight excluding hydrogens is 444 g/mol. The third-order valence-corrected chi connectivity index (χ3v) is 6.88. The number of aryl methyl sites for hydroxylation is 1. The van der Waals surface area contributed by atoms with Gasteiger partial charge in [-0.2, -0.15) is 15.3 Å². The molecule has 10 nitrogen and oxygen atoms in total. The van der Waals surface area contributed by atoms with Crippen LogP contribution in [0.3, 0.4) is 0 Å². The van der Waals surface area contributed by atoms with Gasteiger partial charge < -0.3 is 20.1 Å². The van der Waals surface area contributed by atoms with Gasteiger partial charge in [0.25, 0.3) is 0 Å². The summed E-state index contributed by atoms with van der Waals surface area (Å²) >= 11 is 0. The molecule has 2 saturated heterocycles. The SMILES string of the molecule is COCCOc1ccc2c(Nc3cc(C)[nH]n3)nc(N[C@@H]3C[C@H]4CC[C@@H](C3)N4CCC#N)nc2c1. The fourth-order valence-electron chi connectivity index (χ4n) is 5.32. The second-order valence-corrected chi connectivity index (χ2v) is 9.32. The largest absolute Gasteiger partial charge is 0.491 e. The number of H-pyrrole nitrogens is 1. The first-order chi connectivity index (χ1) is 17.1. The number of piperidine rings is 1. The molecule has 184 valence electrons. The van der Waals surface area contributed by atoms with Gasteiger partial charge in [-0.3, -0.25) is 10.00 Å². The number of rotatable bonds is 10. The van der Waals surface area contributed by atoms with E-state index in [2.05, 4.69) is 31.8 Å². The molecule has 5 rings (SSSR count). The molecule has 0 spiro atoms. The average molecular weight is 477 g/mol. The Labute approximate surface area is 205 Å². The molecule has 0 saturated carbocycles. The van der Waals surface area contributed by atoms with Crippen molar-refractivity contribution in [1.29, 1.82) is 5.26 Å². The Balaban J connectivity index is 1.39. The van der Waals surface area contributed by atoms with Crippen LogP contribution in [0.1, 0.15) is 37.8 Å². The number of ether oxygens (including phenoxy) is 2. The fourth-order valence-corrected chi connectivity index (χ4v) is 5.32. The van der Waals surface area contributed by atoms with Crippen molar-refractivity contribution >= 4 is 28.5 Å². The van der Waals surface area contributed by atoms with Crippen LogP contribution in [-0.2, 0) is 4.74 Å². The number of hydrogen-bond donors (Lipinski definition) is 3. The van der Waals surface area contributed by atoms with Gasteiger partial charge >= 0.3 is 0 Å². The number of anilines is 3. The van der Waals surface area contributed by atoms with Gasteiger partial charge in [-0.15, -0.1) is 0 Å². The first kappa shape index (κ1) is 23.3. The van der Waals surface area contributed by atoms with E-state index in [4.69, 9.17) is 24.7 Å². The zero-order chi connectivity index (χ0) is 24.2. The molecule has 0 unspecified atom stereocenters. The summed E-state index contributed by atoms with van der Waals surface area (Å²) in [5.41, 5.74) is 1.76. The molecular formula is C25H32N8O2.